The van der Waals surface area contributed by atoms with Crippen molar-refractivity contribution in [2.75, 3.05) is 16.0 Å². The Morgan fingerprint density at radius 1 is 0.314 bits per heavy atom. The zero-order valence-corrected chi connectivity index (χ0v) is 44.9. The number of aliphatic hydroxyl groups is 1. The van der Waals surface area contributed by atoms with E-state index < -0.39 is 36.4 Å². The van der Waals surface area contributed by atoms with Crippen LogP contribution in [-0.2, 0) is 14.4 Å². The molecular weight excluding hydrogens is 875 g/mol. The normalized spacial score (nSPS) is 10.7. The minimum atomic E-state index is -2.74. The summed E-state index contributed by atoms with van der Waals surface area (Å²) in [6.07, 6.45) is -2.29. The van der Waals surface area contributed by atoms with Crippen LogP contribution >= 0.6 is 0 Å². The van der Waals surface area contributed by atoms with Crippen LogP contribution in [0, 0.1) is 125 Å². The van der Waals surface area contributed by atoms with Gasteiger partial charge in [0.15, 0.2) is 5.60 Å². The Balaban J connectivity index is 0.000000250. The number of carbonyl (C=O) groups is 3. The molecule has 7 N–H and O–H groups in total. The van der Waals surface area contributed by atoms with Gasteiger partial charge in [0.2, 0.25) is 0 Å². The zero-order chi connectivity index (χ0) is 53.1. The molecule has 0 fully saturated rings. The number of carboxylic acid groups (broad SMARTS) is 3. The average molecular weight is 952 g/mol. The largest absolute Gasteiger partial charge is 0.481 e. The van der Waals surface area contributed by atoms with Gasteiger partial charge in [0.05, 0.1) is 12.8 Å². The minimum absolute atomic E-state index is 1.14. The Morgan fingerprint density at radius 3 is 0.600 bits per heavy atom. The van der Waals surface area contributed by atoms with Crippen LogP contribution in [0.1, 0.15) is 113 Å². The fourth-order valence-electron chi connectivity index (χ4n) is 7.70. The van der Waals surface area contributed by atoms with Gasteiger partial charge in [0.25, 0.3) is 0 Å². The van der Waals surface area contributed by atoms with E-state index in [1.807, 2.05) is 0 Å². The van der Waals surface area contributed by atoms with Crippen LogP contribution in [0.4, 0.5) is 34.1 Å². The molecule has 0 aliphatic rings. The van der Waals surface area contributed by atoms with Crippen LogP contribution in [0.3, 0.4) is 0 Å². The molecular formula is C60H77N3O7. The number of hydrogen-bond donors (Lipinski definition) is 7. The van der Waals surface area contributed by atoms with E-state index in [0.29, 0.717) is 0 Å². The van der Waals surface area contributed by atoms with Crippen molar-refractivity contribution >= 4 is 52.0 Å². The second kappa shape index (κ2) is 24.6. The first-order valence-corrected chi connectivity index (χ1v) is 23.6. The number of rotatable bonds is 11. The number of aliphatic carboxylic acids is 3. The van der Waals surface area contributed by atoms with Crippen LogP contribution < -0.4 is 16.0 Å². The number of benzene rings is 6. The smallest absolute Gasteiger partial charge is 0.336 e. The molecule has 10 nitrogen and oxygen atoms in total. The molecule has 70 heavy (non-hydrogen) atoms. The molecule has 0 aromatic heterocycles. The highest BCUT2D eigenvalue weighted by molar-refractivity contribution is 5.88. The van der Waals surface area contributed by atoms with Crippen molar-refractivity contribution < 1.29 is 34.8 Å². The molecule has 0 aliphatic carbocycles. The minimum Gasteiger partial charge on any atom is -0.481 e. The third-order valence-corrected chi connectivity index (χ3v) is 14.4. The van der Waals surface area contributed by atoms with Crippen LogP contribution in [0.5, 0.6) is 0 Å². The molecule has 0 saturated heterocycles. The molecule has 374 valence electrons. The van der Waals surface area contributed by atoms with Gasteiger partial charge in [-0.25, -0.2) is 4.79 Å². The van der Waals surface area contributed by atoms with Crippen molar-refractivity contribution in [3.05, 3.63) is 173 Å². The highest BCUT2D eigenvalue weighted by atomic mass is 16.4. The van der Waals surface area contributed by atoms with E-state index in [-0.39, 0.29) is 0 Å². The number of carboxylic acids is 3. The van der Waals surface area contributed by atoms with E-state index in [1.54, 1.807) is 0 Å². The first kappa shape index (κ1) is 57.4. The van der Waals surface area contributed by atoms with E-state index in [1.165, 1.54) is 134 Å². The Bertz CT molecular complexity index is 2440. The Labute approximate surface area is 417 Å². The fraction of sp³-hybridized carbons (Fsp3) is 0.350. The SMILES string of the molecule is Cc1ccc(Nc2ccc(C)c(C)c2C)c(C)c1C.Cc1ccc(Nc2ccc(C)c(C)c2C)c(C)c1C.Cc1ccc(Nc2ccc(C)c(C)c2C)c(C)c1C.O=C(O)CC(O)(CC(=O)O)C(=O)O. The Kier molecular flexibility index (Phi) is 20.2. The van der Waals surface area contributed by atoms with Gasteiger partial charge >= 0.3 is 17.9 Å². The second-order valence-electron chi connectivity index (χ2n) is 18.9. The summed E-state index contributed by atoms with van der Waals surface area (Å²) in [5, 5.41) is 44.5. The maximum absolute atomic E-state index is 10.3. The lowest BCUT2D eigenvalue weighted by Gasteiger charge is -2.18. The maximum atomic E-state index is 10.3. The molecule has 10 heteroatoms. The van der Waals surface area contributed by atoms with E-state index >= 15 is 0 Å². The van der Waals surface area contributed by atoms with Crippen molar-refractivity contribution in [3.63, 3.8) is 0 Å². The predicted octanol–water partition coefficient (Wildman–Crippen LogP) is 14.6. The van der Waals surface area contributed by atoms with Crippen LogP contribution in [0.2, 0.25) is 0 Å². The summed E-state index contributed by atoms with van der Waals surface area (Å²) in [4.78, 5) is 30.5. The van der Waals surface area contributed by atoms with Crippen LogP contribution in [0.25, 0.3) is 0 Å². The van der Waals surface area contributed by atoms with E-state index in [0.717, 1.165) is 0 Å². The molecule has 0 amide bonds. The molecule has 0 atom stereocenters. The van der Waals surface area contributed by atoms with Gasteiger partial charge in [0, 0.05) is 34.1 Å². The van der Waals surface area contributed by atoms with Gasteiger partial charge in [-0.1, -0.05) is 36.4 Å². The highest BCUT2D eigenvalue weighted by Gasteiger charge is 2.40. The molecule has 0 saturated carbocycles. The fourth-order valence-corrected chi connectivity index (χ4v) is 7.70. The standard InChI is InChI=1S/3C18H23N.C6H8O7/c3*1-11-7-9-17(15(5)13(11)3)19-18-10-8-12(2)14(4)16(18)6;7-3(8)1-6(13,5(11)12)2-4(9)10/h3*7-10,19H,1-6H3;13H,1-2H2,(H,7,8)(H,9,10)(H,11,12). The maximum Gasteiger partial charge on any atom is 0.336 e. The summed E-state index contributed by atoms with van der Waals surface area (Å²) >= 11 is 0. The van der Waals surface area contributed by atoms with Crippen molar-refractivity contribution in [1.29, 1.82) is 0 Å². The Morgan fingerprint density at radius 2 is 0.471 bits per heavy atom. The molecule has 0 radical (unpaired) electrons. The topological polar surface area (TPSA) is 168 Å². The van der Waals surface area contributed by atoms with Gasteiger partial charge < -0.3 is 36.4 Å². The first-order chi connectivity index (χ1) is 32.5. The molecule has 6 rings (SSSR count). The van der Waals surface area contributed by atoms with Crippen molar-refractivity contribution in [2.45, 2.75) is 143 Å². The van der Waals surface area contributed by atoms with Gasteiger partial charge in [0.1, 0.15) is 0 Å². The van der Waals surface area contributed by atoms with Crippen molar-refractivity contribution in [3.8, 4) is 0 Å². The molecule has 6 aromatic rings. The molecule has 0 unspecified atom stereocenters. The number of anilines is 6. The zero-order valence-electron chi connectivity index (χ0n) is 44.9. The average Bonchev–Trinajstić information content (AvgIpc) is 3.29. The second-order valence-corrected chi connectivity index (χ2v) is 18.9. The molecule has 0 spiro atoms. The van der Waals surface area contributed by atoms with E-state index in [9.17, 15) is 14.4 Å². The number of aryl methyl sites for hydroxylation is 6. The summed E-state index contributed by atoms with van der Waals surface area (Å²) in [6, 6.07) is 26.1. The Hall–Kier alpha value is -6.91. The monoisotopic (exact) mass is 952 g/mol. The third-order valence-electron chi connectivity index (χ3n) is 14.4. The highest BCUT2D eigenvalue weighted by Crippen LogP contribution is 2.32. The van der Waals surface area contributed by atoms with Gasteiger partial charge in [-0.15, -0.1) is 0 Å². The van der Waals surface area contributed by atoms with Gasteiger partial charge in [-0.3, -0.25) is 9.59 Å². The van der Waals surface area contributed by atoms with Gasteiger partial charge in [-0.05, 0) is 261 Å². The van der Waals surface area contributed by atoms with E-state index in [4.69, 9.17) is 20.4 Å². The lowest BCUT2D eigenvalue weighted by atomic mass is 9.96. The number of nitrogens with one attached hydrogen (secondary N) is 3. The van der Waals surface area contributed by atoms with Crippen molar-refractivity contribution in [2.24, 2.45) is 0 Å². The summed E-state index contributed by atoms with van der Waals surface area (Å²) in [6.45, 7) is 39.2. The lowest BCUT2D eigenvalue weighted by Crippen LogP contribution is -2.42. The van der Waals surface area contributed by atoms with Crippen molar-refractivity contribution in [1.82, 2.24) is 0 Å². The quantitative estimate of drug-likeness (QED) is 0.0664. The predicted molar refractivity (Wildman–Crippen MR) is 291 cm³/mol. The summed E-state index contributed by atoms with van der Waals surface area (Å²) < 4.78 is 0. The summed E-state index contributed by atoms with van der Waals surface area (Å²) in [7, 11) is 0. The summed E-state index contributed by atoms with van der Waals surface area (Å²) in [5.74, 6) is -5.02. The third kappa shape index (κ3) is 14.6. The summed E-state index contributed by atoms with van der Waals surface area (Å²) in [5.41, 5.74) is 28.8. The van der Waals surface area contributed by atoms with Crippen LogP contribution in [0.15, 0.2) is 72.8 Å². The molecule has 0 bridgehead atoms. The number of hydrogen-bond acceptors (Lipinski definition) is 7. The molecule has 0 aliphatic heterocycles. The van der Waals surface area contributed by atoms with Crippen LogP contribution in [-0.4, -0.2) is 43.9 Å². The first-order valence-electron chi connectivity index (χ1n) is 23.6. The molecule has 0 heterocycles. The molecule has 6 aromatic carbocycles. The lowest BCUT2D eigenvalue weighted by molar-refractivity contribution is -0.170. The van der Waals surface area contributed by atoms with E-state index in [2.05, 4.69) is 213 Å². The van der Waals surface area contributed by atoms with Gasteiger partial charge in [-0.2, -0.15) is 0 Å².